The van der Waals surface area contributed by atoms with E-state index in [0.717, 1.165) is 4.80 Å². The molecule has 0 aliphatic heterocycles. The van der Waals surface area contributed by atoms with Crippen LogP contribution < -0.4 is 4.72 Å². The number of nitrogens with one attached hydrogen (secondary N) is 1. The number of nitriles is 1. The summed E-state index contributed by atoms with van der Waals surface area (Å²) in [4.78, 5) is 1.11. The topological polar surface area (TPSA) is 114 Å². The van der Waals surface area contributed by atoms with Crippen LogP contribution >= 0.6 is 0 Å². The average molecular weight is 216 g/mol. The molecule has 1 aromatic rings. The molecule has 1 atom stereocenters. The highest BCUT2D eigenvalue weighted by molar-refractivity contribution is 7.93. The van der Waals surface area contributed by atoms with Gasteiger partial charge >= 0.3 is 0 Å². The predicted molar refractivity (Wildman–Crippen MR) is 46.4 cm³/mol. The smallest absolute Gasteiger partial charge is 0.247 e. The molecule has 1 heterocycles. The zero-order chi connectivity index (χ0) is 10.8. The van der Waals surface area contributed by atoms with Crippen molar-refractivity contribution in [2.45, 2.75) is 12.2 Å². The van der Waals surface area contributed by atoms with Gasteiger partial charge in [-0.05, 0) is 12.1 Å². The maximum atomic E-state index is 11.3. The fourth-order valence-electron chi connectivity index (χ4n) is 0.610. The molecular formula is C5H8N6O2S. The molecule has 0 saturated carbocycles. The first-order valence-corrected chi connectivity index (χ1v) is 5.15. The summed E-state index contributed by atoms with van der Waals surface area (Å²) in [5.74, 6) is -0.144. The van der Waals surface area contributed by atoms with Crippen LogP contribution in [0.1, 0.15) is 6.92 Å². The van der Waals surface area contributed by atoms with E-state index in [4.69, 9.17) is 5.26 Å². The van der Waals surface area contributed by atoms with Crippen molar-refractivity contribution in [3.8, 4) is 6.07 Å². The van der Waals surface area contributed by atoms with Crippen molar-refractivity contribution in [2.75, 3.05) is 4.72 Å². The molecule has 8 nitrogen and oxygen atoms in total. The Balaban J connectivity index is 2.85. The third-order valence-electron chi connectivity index (χ3n) is 1.39. The highest BCUT2D eigenvalue weighted by atomic mass is 32.2. The van der Waals surface area contributed by atoms with E-state index in [2.05, 4.69) is 15.4 Å². The van der Waals surface area contributed by atoms with Crippen LogP contribution in [0.5, 0.6) is 0 Å². The van der Waals surface area contributed by atoms with Crippen LogP contribution in [0.15, 0.2) is 0 Å². The molecule has 0 aliphatic rings. The average Bonchev–Trinajstić information content (AvgIpc) is 2.48. The zero-order valence-corrected chi connectivity index (χ0v) is 8.35. The van der Waals surface area contributed by atoms with Crippen molar-refractivity contribution >= 4 is 16.0 Å². The van der Waals surface area contributed by atoms with Gasteiger partial charge in [0.05, 0.1) is 13.1 Å². The molecule has 0 fully saturated rings. The molecule has 14 heavy (non-hydrogen) atoms. The Kier molecular flexibility index (Phi) is 2.66. The van der Waals surface area contributed by atoms with Crippen molar-refractivity contribution in [3.63, 3.8) is 0 Å². The Bertz CT molecular complexity index is 457. The Morgan fingerprint density at radius 1 is 1.64 bits per heavy atom. The minimum Gasteiger partial charge on any atom is -0.247 e. The van der Waals surface area contributed by atoms with Crippen LogP contribution in [0, 0.1) is 11.3 Å². The number of rotatable bonds is 3. The number of aromatic nitrogens is 4. The van der Waals surface area contributed by atoms with Gasteiger partial charge in [-0.15, -0.1) is 5.10 Å². The zero-order valence-electron chi connectivity index (χ0n) is 7.54. The molecular weight excluding hydrogens is 208 g/mol. The first kappa shape index (κ1) is 10.4. The molecule has 0 radical (unpaired) electrons. The van der Waals surface area contributed by atoms with E-state index in [-0.39, 0.29) is 5.95 Å². The predicted octanol–water partition coefficient (Wildman–Crippen LogP) is -1.14. The molecule has 0 spiro atoms. The Hall–Kier alpha value is -1.69. The van der Waals surface area contributed by atoms with E-state index in [0.29, 0.717) is 0 Å². The van der Waals surface area contributed by atoms with E-state index in [1.165, 1.54) is 14.0 Å². The molecule has 1 unspecified atom stereocenters. The van der Waals surface area contributed by atoms with Gasteiger partial charge in [-0.3, -0.25) is 0 Å². The Labute approximate surface area is 80.6 Å². The first-order valence-electron chi connectivity index (χ1n) is 3.61. The lowest BCUT2D eigenvalue weighted by atomic mass is 10.5. The summed E-state index contributed by atoms with van der Waals surface area (Å²) in [6, 6.07) is 1.60. The molecule has 0 bridgehead atoms. The maximum Gasteiger partial charge on any atom is 0.276 e. The van der Waals surface area contributed by atoms with Gasteiger partial charge in [0, 0.05) is 0 Å². The van der Waals surface area contributed by atoms with Crippen molar-refractivity contribution in [1.82, 2.24) is 20.2 Å². The van der Waals surface area contributed by atoms with E-state index in [1.54, 1.807) is 6.07 Å². The van der Waals surface area contributed by atoms with E-state index >= 15 is 0 Å². The van der Waals surface area contributed by atoms with Gasteiger partial charge in [-0.1, -0.05) is 5.10 Å². The van der Waals surface area contributed by atoms with Gasteiger partial charge in [0.2, 0.25) is 0 Å². The molecule has 76 valence electrons. The van der Waals surface area contributed by atoms with Gasteiger partial charge in [0.15, 0.2) is 5.25 Å². The molecule has 0 aliphatic carbocycles. The quantitative estimate of drug-likeness (QED) is 0.683. The van der Waals surface area contributed by atoms with Gasteiger partial charge < -0.3 is 0 Å². The number of aryl methyl sites for hydroxylation is 1. The summed E-state index contributed by atoms with van der Waals surface area (Å²) in [7, 11) is -2.24. The number of hydrogen-bond acceptors (Lipinski definition) is 6. The standard InChI is InChI=1S/C5H8N6O2S/c1-4(3-6)14(12,13)9-5-7-10-11(2)8-5/h4H,1-2H3,(H,8,9). The fraction of sp³-hybridized carbons (Fsp3) is 0.600. The minimum absolute atomic E-state index is 0.144. The molecule has 0 amide bonds. The number of anilines is 1. The van der Waals surface area contributed by atoms with E-state index < -0.39 is 15.3 Å². The summed E-state index contributed by atoms with van der Waals surface area (Å²) in [6.07, 6.45) is 0. The molecule has 1 N–H and O–H groups in total. The Morgan fingerprint density at radius 2 is 2.29 bits per heavy atom. The van der Waals surface area contributed by atoms with Crippen molar-refractivity contribution in [3.05, 3.63) is 0 Å². The third-order valence-corrected chi connectivity index (χ3v) is 2.89. The number of sulfonamides is 1. The maximum absolute atomic E-state index is 11.3. The summed E-state index contributed by atoms with van der Waals surface area (Å²) < 4.78 is 24.6. The van der Waals surface area contributed by atoms with Crippen LogP contribution in [-0.4, -0.2) is 33.9 Å². The summed E-state index contributed by atoms with van der Waals surface area (Å²) in [5.41, 5.74) is 0. The summed E-state index contributed by atoms with van der Waals surface area (Å²) >= 11 is 0. The van der Waals surface area contributed by atoms with Gasteiger partial charge in [-0.2, -0.15) is 10.1 Å². The second-order valence-electron chi connectivity index (χ2n) is 2.52. The second-order valence-corrected chi connectivity index (χ2v) is 4.52. The lowest BCUT2D eigenvalue weighted by Crippen LogP contribution is -2.24. The van der Waals surface area contributed by atoms with Crippen LogP contribution in [0.3, 0.4) is 0 Å². The molecule has 9 heteroatoms. The van der Waals surface area contributed by atoms with Crippen LogP contribution in [-0.2, 0) is 17.1 Å². The van der Waals surface area contributed by atoms with Gasteiger partial charge in [0.25, 0.3) is 16.0 Å². The molecule has 0 aromatic carbocycles. The third kappa shape index (κ3) is 2.17. The van der Waals surface area contributed by atoms with Crippen molar-refractivity contribution in [1.29, 1.82) is 5.26 Å². The SMILES string of the molecule is CC(C#N)S(=O)(=O)Nc1nnn(C)n1. The lowest BCUT2D eigenvalue weighted by Gasteiger charge is -2.03. The van der Waals surface area contributed by atoms with Gasteiger partial charge in [-0.25, -0.2) is 13.1 Å². The highest BCUT2D eigenvalue weighted by Crippen LogP contribution is 2.03. The summed E-state index contributed by atoms with van der Waals surface area (Å²) in [5, 5.41) is 17.7. The first-order chi connectivity index (χ1) is 6.45. The van der Waals surface area contributed by atoms with Crippen molar-refractivity contribution in [2.24, 2.45) is 7.05 Å². The molecule has 1 rings (SSSR count). The minimum atomic E-state index is -3.74. The van der Waals surface area contributed by atoms with Crippen LogP contribution in [0.25, 0.3) is 0 Å². The number of hydrogen-bond donors (Lipinski definition) is 1. The number of tetrazole rings is 1. The van der Waals surface area contributed by atoms with E-state index in [9.17, 15) is 8.42 Å². The number of nitrogens with zero attached hydrogens (tertiary/aromatic N) is 5. The van der Waals surface area contributed by atoms with Gasteiger partial charge in [0.1, 0.15) is 0 Å². The van der Waals surface area contributed by atoms with E-state index in [1.807, 2.05) is 4.72 Å². The van der Waals surface area contributed by atoms with Crippen LogP contribution in [0.4, 0.5) is 5.95 Å². The van der Waals surface area contributed by atoms with Crippen LogP contribution in [0.2, 0.25) is 0 Å². The monoisotopic (exact) mass is 216 g/mol. The highest BCUT2D eigenvalue weighted by Gasteiger charge is 2.21. The molecule has 1 aromatic heterocycles. The van der Waals surface area contributed by atoms with Crippen molar-refractivity contribution < 1.29 is 8.42 Å². The normalized spacial score (nSPS) is 13.2. The second kappa shape index (κ2) is 3.59. The summed E-state index contributed by atoms with van der Waals surface area (Å²) in [6.45, 7) is 1.26. The largest absolute Gasteiger partial charge is 0.276 e. The lowest BCUT2D eigenvalue weighted by molar-refractivity contribution is 0.596. The fourth-order valence-corrected chi connectivity index (χ4v) is 1.26. The molecule has 0 saturated heterocycles. The Morgan fingerprint density at radius 3 is 2.71 bits per heavy atom.